The van der Waals surface area contributed by atoms with Crippen LogP contribution in [0.15, 0.2) is 48.0 Å². The van der Waals surface area contributed by atoms with Crippen molar-refractivity contribution in [3.8, 4) is 17.6 Å². The van der Waals surface area contributed by atoms with Gasteiger partial charge in [0.05, 0.1) is 31.5 Å². The summed E-state index contributed by atoms with van der Waals surface area (Å²) < 4.78 is 16.1. The number of fused-ring (bicyclic) bond motifs is 1. The zero-order chi connectivity index (χ0) is 27.8. The van der Waals surface area contributed by atoms with E-state index in [2.05, 4.69) is 0 Å². The zero-order valence-corrected chi connectivity index (χ0v) is 21.7. The summed E-state index contributed by atoms with van der Waals surface area (Å²) in [7, 11) is 1.43. The van der Waals surface area contributed by atoms with E-state index in [1.807, 2.05) is 6.07 Å². The second-order valence-corrected chi connectivity index (χ2v) is 9.08. The summed E-state index contributed by atoms with van der Waals surface area (Å²) >= 11 is 0. The Kier molecular flexibility index (Phi) is 9.07. The first-order valence-electron chi connectivity index (χ1n) is 12.8. The van der Waals surface area contributed by atoms with E-state index < -0.39 is 5.97 Å². The van der Waals surface area contributed by atoms with Crippen molar-refractivity contribution in [3.05, 3.63) is 64.7 Å². The Morgan fingerprint density at radius 2 is 1.69 bits per heavy atom. The topological polar surface area (TPSA) is 126 Å². The number of rotatable bonds is 10. The van der Waals surface area contributed by atoms with Gasteiger partial charge in [-0.2, -0.15) is 5.26 Å². The van der Waals surface area contributed by atoms with E-state index in [0.29, 0.717) is 74.6 Å². The molecule has 0 aromatic heterocycles. The quantitative estimate of drug-likeness (QED) is 0.114. The van der Waals surface area contributed by atoms with Crippen molar-refractivity contribution in [1.82, 2.24) is 9.80 Å². The third-order valence-corrected chi connectivity index (χ3v) is 6.51. The highest BCUT2D eigenvalue weighted by Gasteiger charge is 2.34. The fourth-order valence-corrected chi connectivity index (χ4v) is 4.44. The number of ether oxygens (including phenoxy) is 3. The lowest BCUT2D eigenvalue weighted by atomic mass is 10.1. The van der Waals surface area contributed by atoms with Gasteiger partial charge in [-0.15, -0.1) is 0 Å². The Hall–Kier alpha value is -4.49. The molecule has 0 aliphatic carbocycles. The molecule has 3 amide bonds. The highest BCUT2D eigenvalue weighted by molar-refractivity contribution is 6.21. The molecule has 2 aliphatic heterocycles. The second kappa shape index (κ2) is 12.8. The minimum atomic E-state index is -0.447. The molecule has 1 saturated heterocycles. The van der Waals surface area contributed by atoms with Crippen LogP contribution in [0.4, 0.5) is 0 Å². The van der Waals surface area contributed by atoms with Crippen LogP contribution in [-0.2, 0) is 14.3 Å². The number of nitrogens with zero attached hydrogens (tertiary/aromatic N) is 3. The Balaban J connectivity index is 1.26. The van der Waals surface area contributed by atoms with Gasteiger partial charge in [-0.05, 0) is 48.7 Å². The van der Waals surface area contributed by atoms with E-state index in [9.17, 15) is 24.4 Å². The van der Waals surface area contributed by atoms with Crippen molar-refractivity contribution in [2.75, 3.05) is 40.0 Å². The smallest absolute Gasteiger partial charge is 0.311 e. The van der Waals surface area contributed by atoms with Crippen molar-refractivity contribution >= 4 is 29.8 Å². The van der Waals surface area contributed by atoms with Gasteiger partial charge in [0.2, 0.25) is 0 Å². The number of imide groups is 1. The minimum Gasteiger partial charge on any atom is -0.493 e. The molecule has 0 atom stereocenters. The summed E-state index contributed by atoms with van der Waals surface area (Å²) in [4.78, 5) is 52.7. The largest absolute Gasteiger partial charge is 0.493 e. The zero-order valence-electron chi connectivity index (χ0n) is 21.7. The number of amides is 3. The van der Waals surface area contributed by atoms with Crippen LogP contribution in [0.2, 0.25) is 0 Å². The number of benzene rings is 2. The van der Waals surface area contributed by atoms with Crippen LogP contribution in [0, 0.1) is 11.3 Å². The van der Waals surface area contributed by atoms with Crippen LogP contribution in [0.25, 0.3) is 6.08 Å². The molecule has 1 fully saturated rings. The number of morpholine rings is 1. The molecule has 0 radical (unpaired) electrons. The second-order valence-electron chi connectivity index (χ2n) is 9.08. The maximum Gasteiger partial charge on any atom is 0.311 e. The van der Waals surface area contributed by atoms with Crippen molar-refractivity contribution in [2.24, 2.45) is 0 Å². The standard InChI is InChI=1S/C29H29N3O7/c1-37-25-18-20(17-21(19-30)27(34)31-13-15-38-16-14-31)10-11-24(25)39-26(33)9-3-2-6-12-32-28(35)22-7-4-5-8-23(22)29(32)36/h4-5,7-8,10-11,17-18H,2-3,6,9,12-16H2,1H3/b21-17+. The summed E-state index contributed by atoms with van der Waals surface area (Å²) in [6.07, 6.45) is 3.37. The average molecular weight is 532 g/mol. The Morgan fingerprint density at radius 1 is 1.00 bits per heavy atom. The lowest BCUT2D eigenvalue weighted by molar-refractivity contribution is -0.134. The van der Waals surface area contributed by atoms with Gasteiger partial charge in [0.25, 0.3) is 17.7 Å². The molecule has 0 bridgehead atoms. The Morgan fingerprint density at radius 3 is 2.33 bits per heavy atom. The van der Waals surface area contributed by atoms with Gasteiger partial charge in [0.15, 0.2) is 11.5 Å². The van der Waals surface area contributed by atoms with Crippen LogP contribution < -0.4 is 9.47 Å². The fourth-order valence-electron chi connectivity index (χ4n) is 4.44. The summed E-state index contributed by atoms with van der Waals surface area (Å²) in [6.45, 7) is 2.02. The van der Waals surface area contributed by atoms with Crippen LogP contribution >= 0.6 is 0 Å². The number of hydrogen-bond acceptors (Lipinski definition) is 8. The number of nitriles is 1. The third kappa shape index (κ3) is 6.51. The van der Waals surface area contributed by atoms with Crippen molar-refractivity contribution in [2.45, 2.75) is 25.7 Å². The van der Waals surface area contributed by atoms with E-state index in [1.165, 1.54) is 18.1 Å². The molecule has 4 rings (SSSR count). The van der Waals surface area contributed by atoms with E-state index in [4.69, 9.17) is 14.2 Å². The summed E-state index contributed by atoms with van der Waals surface area (Å²) in [5, 5.41) is 9.50. The number of unbranched alkanes of at least 4 members (excludes halogenated alkanes) is 2. The molecule has 10 nitrogen and oxygen atoms in total. The van der Waals surface area contributed by atoms with Gasteiger partial charge in [-0.1, -0.05) is 24.6 Å². The summed E-state index contributed by atoms with van der Waals surface area (Å²) in [5.74, 6) is -0.862. The van der Waals surface area contributed by atoms with Gasteiger partial charge in [0, 0.05) is 26.1 Å². The SMILES string of the molecule is COc1cc(/C=C(\C#N)C(=O)N2CCOCC2)ccc1OC(=O)CCCCCN1C(=O)c2ccccc2C1=O. The highest BCUT2D eigenvalue weighted by Crippen LogP contribution is 2.30. The molecule has 0 spiro atoms. The molecule has 2 aromatic rings. The van der Waals surface area contributed by atoms with Gasteiger partial charge in [-0.3, -0.25) is 24.1 Å². The molecule has 2 heterocycles. The summed E-state index contributed by atoms with van der Waals surface area (Å²) in [5.41, 5.74) is 1.39. The molecule has 2 aromatic carbocycles. The maximum atomic E-state index is 12.6. The van der Waals surface area contributed by atoms with Crippen LogP contribution in [-0.4, -0.2) is 73.4 Å². The van der Waals surface area contributed by atoms with Crippen LogP contribution in [0.5, 0.6) is 11.5 Å². The van der Waals surface area contributed by atoms with Crippen molar-refractivity contribution < 1.29 is 33.4 Å². The van der Waals surface area contributed by atoms with E-state index in [-0.39, 0.29) is 35.5 Å². The van der Waals surface area contributed by atoms with E-state index in [1.54, 1.807) is 47.4 Å². The molecule has 0 N–H and O–H groups in total. The lowest BCUT2D eigenvalue weighted by Gasteiger charge is -2.26. The number of hydrogen-bond donors (Lipinski definition) is 0. The maximum absolute atomic E-state index is 12.6. The first-order valence-corrected chi connectivity index (χ1v) is 12.8. The average Bonchev–Trinajstić information content (AvgIpc) is 3.21. The molecule has 2 aliphatic rings. The van der Waals surface area contributed by atoms with Gasteiger partial charge >= 0.3 is 5.97 Å². The van der Waals surface area contributed by atoms with Crippen LogP contribution in [0.3, 0.4) is 0 Å². The predicted octanol–water partition coefficient (Wildman–Crippen LogP) is 3.22. The van der Waals surface area contributed by atoms with Crippen LogP contribution in [0.1, 0.15) is 52.0 Å². The van der Waals surface area contributed by atoms with Gasteiger partial charge in [-0.25, -0.2) is 0 Å². The highest BCUT2D eigenvalue weighted by atomic mass is 16.6. The number of methoxy groups -OCH3 is 1. The number of carbonyl (C=O) groups is 4. The predicted molar refractivity (Wildman–Crippen MR) is 140 cm³/mol. The van der Waals surface area contributed by atoms with Gasteiger partial charge in [0.1, 0.15) is 11.6 Å². The first kappa shape index (κ1) is 27.5. The molecule has 0 saturated carbocycles. The normalized spacial score (nSPS) is 15.1. The monoisotopic (exact) mass is 531 g/mol. The van der Waals surface area contributed by atoms with Crippen molar-refractivity contribution in [1.29, 1.82) is 5.26 Å². The molecule has 202 valence electrons. The molecule has 10 heteroatoms. The fraction of sp³-hybridized carbons (Fsp3) is 0.345. The molecule has 39 heavy (non-hydrogen) atoms. The minimum absolute atomic E-state index is 0.00934. The Bertz CT molecular complexity index is 1300. The van der Waals surface area contributed by atoms with E-state index >= 15 is 0 Å². The summed E-state index contributed by atoms with van der Waals surface area (Å²) in [6, 6.07) is 13.5. The third-order valence-electron chi connectivity index (χ3n) is 6.51. The molecule has 0 unspecified atom stereocenters. The van der Waals surface area contributed by atoms with Crippen molar-refractivity contribution in [3.63, 3.8) is 0 Å². The molecular weight excluding hydrogens is 502 g/mol. The first-order chi connectivity index (χ1) is 18.9. The lowest BCUT2D eigenvalue weighted by Crippen LogP contribution is -2.41. The Labute approximate surface area is 226 Å². The van der Waals surface area contributed by atoms with E-state index in [0.717, 1.165) is 0 Å². The van der Waals surface area contributed by atoms with Gasteiger partial charge < -0.3 is 19.1 Å². The number of carbonyl (C=O) groups excluding carboxylic acids is 4. The molecular formula is C29H29N3O7. The number of esters is 1.